The molecule has 0 saturated heterocycles. The molecule has 1 amide bonds. The minimum Gasteiger partial charge on any atom is -0.485 e. The van der Waals surface area contributed by atoms with Crippen LogP contribution in [0.25, 0.3) is 11.1 Å². The zero-order valence-corrected chi connectivity index (χ0v) is 20.9. The van der Waals surface area contributed by atoms with Crippen LogP contribution in [0.3, 0.4) is 0 Å². The van der Waals surface area contributed by atoms with Crippen LogP contribution in [0.5, 0.6) is 5.75 Å². The highest BCUT2D eigenvalue weighted by molar-refractivity contribution is 5.96. The zero-order valence-electron chi connectivity index (χ0n) is 20.9. The second kappa shape index (κ2) is 12.4. The van der Waals surface area contributed by atoms with Gasteiger partial charge in [0.2, 0.25) is 0 Å². The van der Waals surface area contributed by atoms with E-state index in [9.17, 15) is 9.59 Å². The Morgan fingerprint density at radius 2 is 1.51 bits per heavy atom. The molecule has 7 heteroatoms. The van der Waals surface area contributed by atoms with Gasteiger partial charge in [-0.1, -0.05) is 84.9 Å². The largest absolute Gasteiger partial charge is 0.485 e. The fourth-order valence-corrected chi connectivity index (χ4v) is 3.88. The van der Waals surface area contributed by atoms with Crippen LogP contribution in [-0.4, -0.2) is 35.0 Å². The maximum absolute atomic E-state index is 13.1. The van der Waals surface area contributed by atoms with E-state index >= 15 is 0 Å². The van der Waals surface area contributed by atoms with Crippen LogP contribution in [0.4, 0.5) is 0 Å². The van der Waals surface area contributed by atoms with Crippen molar-refractivity contribution in [1.29, 1.82) is 0 Å². The lowest BCUT2D eigenvalue weighted by Gasteiger charge is -2.15. The normalized spacial score (nSPS) is 10.5. The smallest absolute Gasteiger partial charge is 0.325 e. The lowest BCUT2D eigenvalue weighted by molar-refractivity contribution is -0.141. The average molecular weight is 496 g/mol. The van der Waals surface area contributed by atoms with Crippen LogP contribution in [0.15, 0.2) is 84.9 Å². The van der Waals surface area contributed by atoms with Crippen LogP contribution in [0, 0.1) is 6.92 Å². The molecule has 4 aromatic rings. The molecular formula is C30H29N3O4. The van der Waals surface area contributed by atoms with E-state index in [1.807, 2.05) is 60.7 Å². The van der Waals surface area contributed by atoms with Crippen molar-refractivity contribution in [3.8, 4) is 16.9 Å². The predicted molar refractivity (Wildman–Crippen MR) is 141 cm³/mol. The van der Waals surface area contributed by atoms with E-state index in [0.717, 1.165) is 22.3 Å². The van der Waals surface area contributed by atoms with Crippen molar-refractivity contribution in [1.82, 2.24) is 15.3 Å². The first kappa shape index (κ1) is 25.6. The van der Waals surface area contributed by atoms with E-state index in [1.165, 1.54) is 0 Å². The van der Waals surface area contributed by atoms with Crippen molar-refractivity contribution in [3.05, 3.63) is 113 Å². The summed E-state index contributed by atoms with van der Waals surface area (Å²) >= 11 is 0. The van der Waals surface area contributed by atoms with E-state index in [0.29, 0.717) is 17.9 Å². The maximum atomic E-state index is 13.1. The first-order chi connectivity index (χ1) is 18.0. The fraction of sp³-hybridized carbons (Fsp3) is 0.200. The molecule has 0 atom stereocenters. The van der Waals surface area contributed by atoms with Crippen LogP contribution in [0.2, 0.25) is 0 Å². The van der Waals surface area contributed by atoms with E-state index in [-0.39, 0.29) is 31.2 Å². The minimum atomic E-state index is -0.527. The number of ether oxygens (including phenoxy) is 2. The molecule has 0 unspecified atom stereocenters. The summed E-state index contributed by atoms with van der Waals surface area (Å²) in [5.41, 5.74) is 4.79. The van der Waals surface area contributed by atoms with Gasteiger partial charge in [-0.3, -0.25) is 9.59 Å². The van der Waals surface area contributed by atoms with Crippen molar-refractivity contribution >= 4 is 11.9 Å². The Kier molecular flexibility index (Phi) is 8.60. The molecule has 188 valence electrons. The van der Waals surface area contributed by atoms with Crippen LogP contribution < -0.4 is 10.1 Å². The summed E-state index contributed by atoms with van der Waals surface area (Å²) in [4.78, 5) is 34.1. The Labute approximate surface area is 216 Å². The number of hydrogen-bond donors (Lipinski definition) is 1. The number of benzene rings is 3. The number of carbonyl (C=O) groups is 2. The number of carbonyl (C=O) groups excluding carboxylic acids is 2. The van der Waals surface area contributed by atoms with Crippen molar-refractivity contribution in [3.63, 3.8) is 0 Å². The summed E-state index contributed by atoms with van der Waals surface area (Å²) in [7, 11) is 0. The van der Waals surface area contributed by atoms with E-state index in [2.05, 4.69) is 39.6 Å². The molecule has 3 aromatic carbocycles. The molecule has 1 aromatic heterocycles. The number of nitrogens with zero attached hydrogens (tertiary/aromatic N) is 2. The first-order valence-corrected chi connectivity index (χ1v) is 12.2. The van der Waals surface area contributed by atoms with Gasteiger partial charge < -0.3 is 14.8 Å². The van der Waals surface area contributed by atoms with Crippen molar-refractivity contribution in [2.75, 3.05) is 13.2 Å². The third kappa shape index (κ3) is 7.01. The summed E-state index contributed by atoms with van der Waals surface area (Å²) in [6.45, 7) is 3.72. The van der Waals surface area contributed by atoms with Gasteiger partial charge in [0.25, 0.3) is 5.91 Å². The topological polar surface area (TPSA) is 90.4 Å². The molecule has 0 aliphatic carbocycles. The molecule has 0 radical (unpaired) electrons. The highest BCUT2D eigenvalue weighted by Crippen LogP contribution is 2.25. The van der Waals surface area contributed by atoms with Gasteiger partial charge in [0.15, 0.2) is 11.4 Å². The molecular weight excluding hydrogens is 466 g/mol. The summed E-state index contributed by atoms with van der Waals surface area (Å²) < 4.78 is 10.9. The lowest BCUT2D eigenvalue weighted by atomic mass is 10.0. The molecule has 0 aliphatic rings. The molecule has 0 spiro atoms. The van der Waals surface area contributed by atoms with E-state index < -0.39 is 11.9 Å². The van der Waals surface area contributed by atoms with Crippen LogP contribution >= 0.6 is 0 Å². The number of nitrogens with one attached hydrogen (secondary N) is 1. The highest BCUT2D eigenvalue weighted by Gasteiger charge is 2.21. The molecule has 1 heterocycles. The van der Waals surface area contributed by atoms with Crippen molar-refractivity contribution in [2.24, 2.45) is 0 Å². The molecule has 37 heavy (non-hydrogen) atoms. The molecule has 4 rings (SSSR count). The van der Waals surface area contributed by atoms with Crippen LogP contribution in [0.1, 0.15) is 40.1 Å². The van der Waals surface area contributed by atoms with Gasteiger partial charge in [0.05, 0.1) is 12.3 Å². The van der Waals surface area contributed by atoms with E-state index in [4.69, 9.17) is 9.47 Å². The fourth-order valence-electron chi connectivity index (χ4n) is 3.88. The van der Waals surface area contributed by atoms with Gasteiger partial charge in [-0.2, -0.15) is 0 Å². The van der Waals surface area contributed by atoms with Gasteiger partial charge in [0.1, 0.15) is 19.0 Å². The van der Waals surface area contributed by atoms with Crippen molar-refractivity contribution in [2.45, 2.75) is 26.9 Å². The Hall–Kier alpha value is -4.52. The van der Waals surface area contributed by atoms with Gasteiger partial charge in [-0.05, 0) is 36.1 Å². The second-order valence-corrected chi connectivity index (χ2v) is 8.41. The van der Waals surface area contributed by atoms with Gasteiger partial charge in [0, 0.05) is 6.42 Å². The SMILES string of the molecule is CCOC(=O)CNC(=O)c1nc(Cc2cccc(-c3ccccc3)c2)nc(C)c1OCc1ccccc1. The predicted octanol–water partition coefficient (Wildman–Crippen LogP) is 4.91. The van der Waals surface area contributed by atoms with Gasteiger partial charge in [-0.15, -0.1) is 0 Å². The molecule has 0 fully saturated rings. The number of aromatic nitrogens is 2. The molecule has 0 saturated carbocycles. The van der Waals surface area contributed by atoms with Gasteiger partial charge >= 0.3 is 5.97 Å². The number of amides is 1. The Bertz CT molecular complexity index is 1360. The third-order valence-corrected chi connectivity index (χ3v) is 5.62. The van der Waals surface area contributed by atoms with Gasteiger partial charge in [-0.25, -0.2) is 9.97 Å². The third-order valence-electron chi connectivity index (χ3n) is 5.62. The minimum absolute atomic E-state index is 0.0851. The summed E-state index contributed by atoms with van der Waals surface area (Å²) in [5, 5.41) is 2.59. The monoisotopic (exact) mass is 495 g/mol. The van der Waals surface area contributed by atoms with Crippen molar-refractivity contribution < 1.29 is 19.1 Å². The number of rotatable bonds is 10. The summed E-state index contributed by atoms with van der Waals surface area (Å²) in [6, 6.07) is 27.9. The average Bonchev–Trinajstić information content (AvgIpc) is 2.92. The zero-order chi connectivity index (χ0) is 26.0. The number of aryl methyl sites for hydroxylation is 1. The molecule has 0 aliphatic heterocycles. The summed E-state index contributed by atoms with van der Waals surface area (Å²) in [6.07, 6.45) is 0.429. The second-order valence-electron chi connectivity index (χ2n) is 8.41. The maximum Gasteiger partial charge on any atom is 0.325 e. The standard InChI is InChI=1S/C30H29N3O4/c1-3-36-27(34)19-31-30(35)28-29(37-20-22-11-6-4-7-12-22)21(2)32-26(33-28)18-23-13-10-16-25(17-23)24-14-8-5-9-15-24/h4-17H,3,18-20H2,1-2H3,(H,31,35). The van der Waals surface area contributed by atoms with Crippen LogP contribution in [-0.2, 0) is 22.6 Å². The molecule has 1 N–H and O–H groups in total. The Morgan fingerprint density at radius 1 is 0.838 bits per heavy atom. The molecule has 7 nitrogen and oxygen atoms in total. The number of hydrogen-bond acceptors (Lipinski definition) is 6. The lowest BCUT2D eigenvalue weighted by Crippen LogP contribution is -2.32. The molecule has 0 bridgehead atoms. The highest BCUT2D eigenvalue weighted by atomic mass is 16.5. The first-order valence-electron chi connectivity index (χ1n) is 12.2. The summed E-state index contributed by atoms with van der Waals surface area (Å²) in [5.74, 6) is -0.282. The Morgan fingerprint density at radius 3 is 2.24 bits per heavy atom. The van der Waals surface area contributed by atoms with E-state index in [1.54, 1.807) is 13.8 Å². The quantitative estimate of drug-likeness (QED) is 0.314. The Balaban J connectivity index is 1.61. The number of esters is 1.